The second-order valence-electron chi connectivity index (χ2n) is 9.69. The maximum Gasteiger partial charge on any atom is 0.258 e. The van der Waals surface area contributed by atoms with Crippen molar-refractivity contribution in [1.29, 1.82) is 0 Å². The van der Waals surface area contributed by atoms with Gasteiger partial charge in [0.2, 0.25) is 10.0 Å². The number of aromatic amines is 1. The fraction of sp³-hybridized carbons (Fsp3) is 0.440. The molecule has 1 fully saturated rings. The van der Waals surface area contributed by atoms with E-state index in [0.717, 1.165) is 5.56 Å². The number of aromatic nitrogens is 2. The van der Waals surface area contributed by atoms with Crippen LogP contribution < -0.4 is 15.0 Å². The van der Waals surface area contributed by atoms with Gasteiger partial charge in [-0.25, -0.2) is 13.4 Å². The van der Waals surface area contributed by atoms with E-state index in [2.05, 4.69) is 35.6 Å². The lowest BCUT2D eigenvalue weighted by atomic mass is 9.87. The van der Waals surface area contributed by atoms with Crippen LogP contribution in [-0.4, -0.2) is 68.0 Å². The Hall–Kier alpha value is -2.95. The van der Waals surface area contributed by atoms with Crippen LogP contribution in [-0.2, 0) is 22.0 Å². The van der Waals surface area contributed by atoms with E-state index in [1.165, 1.54) is 18.5 Å². The number of sulfonamides is 1. The molecule has 0 bridgehead atoms. The molecule has 0 atom stereocenters. The van der Waals surface area contributed by atoms with Gasteiger partial charge in [0, 0.05) is 32.2 Å². The highest BCUT2D eigenvalue weighted by molar-refractivity contribution is 7.89. The van der Waals surface area contributed by atoms with Crippen molar-refractivity contribution in [3.63, 3.8) is 0 Å². The third-order valence-electron chi connectivity index (χ3n) is 6.32. The first-order valence-electron chi connectivity index (χ1n) is 11.5. The predicted molar refractivity (Wildman–Crippen MR) is 135 cm³/mol. The Balaban J connectivity index is 1.46. The summed E-state index contributed by atoms with van der Waals surface area (Å²) in [4.78, 5) is 22.5. The molecular formula is C25H32N4O5S. The monoisotopic (exact) mass is 500 g/mol. The van der Waals surface area contributed by atoms with Gasteiger partial charge in [-0.15, -0.1) is 0 Å². The van der Waals surface area contributed by atoms with E-state index in [1.807, 2.05) is 12.1 Å². The molecule has 1 saturated heterocycles. The number of hydrogen-bond donors (Lipinski definition) is 1. The number of benzene rings is 2. The summed E-state index contributed by atoms with van der Waals surface area (Å²) in [6, 6.07) is 10.4. The summed E-state index contributed by atoms with van der Waals surface area (Å²) in [6.45, 7) is 8.51. The molecule has 1 aromatic heterocycles. The molecule has 2 heterocycles. The van der Waals surface area contributed by atoms with Crippen molar-refractivity contribution in [1.82, 2.24) is 19.2 Å². The first-order valence-corrected chi connectivity index (χ1v) is 12.9. The van der Waals surface area contributed by atoms with Crippen LogP contribution in [0.25, 0.3) is 10.9 Å². The number of nitrogens with zero attached hydrogens (tertiary/aromatic N) is 3. The molecule has 2 aromatic carbocycles. The van der Waals surface area contributed by atoms with Crippen molar-refractivity contribution >= 4 is 20.9 Å². The predicted octanol–water partition coefficient (Wildman–Crippen LogP) is 2.74. The van der Waals surface area contributed by atoms with Crippen LogP contribution in [0.3, 0.4) is 0 Å². The zero-order valence-corrected chi connectivity index (χ0v) is 21.6. The van der Waals surface area contributed by atoms with Gasteiger partial charge in [-0.1, -0.05) is 32.9 Å². The van der Waals surface area contributed by atoms with Gasteiger partial charge in [0.05, 0.1) is 36.6 Å². The van der Waals surface area contributed by atoms with Gasteiger partial charge >= 0.3 is 0 Å². The maximum absolute atomic E-state index is 13.1. The summed E-state index contributed by atoms with van der Waals surface area (Å²) in [5, 5.41) is 0.416. The molecular weight excluding hydrogens is 468 g/mol. The summed E-state index contributed by atoms with van der Waals surface area (Å²) in [6.07, 6.45) is 0. The minimum atomic E-state index is -3.56. The van der Waals surface area contributed by atoms with E-state index in [9.17, 15) is 13.2 Å². The Kier molecular flexibility index (Phi) is 6.90. The van der Waals surface area contributed by atoms with E-state index >= 15 is 0 Å². The third kappa shape index (κ3) is 5.19. The number of nitrogens with one attached hydrogen (secondary N) is 1. The van der Waals surface area contributed by atoms with Crippen LogP contribution in [0.2, 0.25) is 0 Å². The Morgan fingerprint density at radius 3 is 2.14 bits per heavy atom. The first kappa shape index (κ1) is 25.2. The van der Waals surface area contributed by atoms with Gasteiger partial charge in [0.1, 0.15) is 5.82 Å². The number of ether oxygens (including phenoxy) is 2. The van der Waals surface area contributed by atoms with E-state index in [1.54, 1.807) is 24.3 Å². The van der Waals surface area contributed by atoms with Gasteiger partial charge < -0.3 is 14.5 Å². The summed E-state index contributed by atoms with van der Waals surface area (Å²) < 4.78 is 38.4. The molecule has 1 aliphatic heterocycles. The van der Waals surface area contributed by atoms with Crippen LogP contribution in [0.15, 0.2) is 46.1 Å². The molecule has 0 spiro atoms. The van der Waals surface area contributed by atoms with Crippen molar-refractivity contribution in [2.24, 2.45) is 0 Å². The van der Waals surface area contributed by atoms with Gasteiger partial charge in [0.25, 0.3) is 5.56 Å². The third-order valence-corrected chi connectivity index (χ3v) is 8.24. The lowest BCUT2D eigenvalue weighted by Crippen LogP contribution is -2.48. The number of methoxy groups -OCH3 is 2. The van der Waals surface area contributed by atoms with Gasteiger partial charge in [-0.3, -0.25) is 9.69 Å². The highest BCUT2D eigenvalue weighted by Gasteiger charge is 2.29. The fourth-order valence-electron chi connectivity index (χ4n) is 4.21. The SMILES string of the molecule is COc1cc2nc(CN3CCN(S(=O)(=O)c4ccc(C(C)(C)C)cc4)CC3)[nH]c(=O)c2cc1OC. The molecule has 188 valence electrons. The summed E-state index contributed by atoms with van der Waals surface area (Å²) >= 11 is 0. The van der Waals surface area contributed by atoms with Crippen LogP contribution in [0, 0.1) is 0 Å². The van der Waals surface area contributed by atoms with E-state index in [-0.39, 0.29) is 11.0 Å². The average Bonchev–Trinajstić information content (AvgIpc) is 2.83. The minimum absolute atomic E-state index is 0.0388. The Bertz CT molecular complexity index is 1370. The largest absolute Gasteiger partial charge is 0.493 e. The van der Waals surface area contributed by atoms with E-state index in [4.69, 9.17) is 9.47 Å². The summed E-state index contributed by atoms with van der Waals surface area (Å²) in [7, 11) is -0.517. The lowest BCUT2D eigenvalue weighted by molar-refractivity contribution is 0.178. The molecule has 0 aliphatic carbocycles. The van der Waals surface area contributed by atoms with Crippen LogP contribution >= 0.6 is 0 Å². The van der Waals surface area contributed by atoms with Crippen molar-refractivity contribution in [3.05, 3.63) is 58.1 Å². The molecule has 3 aromatic rings. The zero-order valence-electron chi connectivity index (χ0n) is 20.8. The maximum atomic E-state index is 13.1. The molecule has 0 amide bonds. The quantitative estimate of drug-likeness (QED) is 0.555. The second kappa shape index (κ2) is 9.60. The standard InChI is InChI=1S/C25H32N4O5S/c1-25(2,3)17-6-8-18(9-7-17)35(31,32)29-12-10-28(11-13-29)16-23-26-20-15-22(34-5)21(33-4)14-19(20)24(30)27-23/h6-9,14-15H,10-13,16H2,1-5H3,(H,26,27,30). The zero-order chi connectivity index (χ0) is 25.4. The molecule has 0 radical (unpaired) electrons. The van der Waals surface area contributed by atoms with E-state index in [0.29, 0.717) is 65.8 Å². The average molecular weight is 501 g/mol. The van der Waals surface area contributed by atoms with Gasteiger partial charge in [-0.05, 0) is 29.2 Å². The number of piperazine rings is 1. The topological polar surface area (TPSA) is 105 Å². The molecule has 0 saturated carbocycles. The lowest BCUT2D eigenvalue weighted by Gasteiger charge is -2.33. The Morgan fingerprint density at radius 1 is 0.971 bits per heavy atom. The van der Waals surface area contributed by atoms with Gasteiger partial charge in [0.15, 0.2) is 11.5 Å². The number of fused-ring (bicyclic) bond motifs is 1. The molecule has 9 nitrogen and oxygen atoms in total. The Labute approximate surface area is 205 Å². The summed E-state index contributed by atoms with van der Waals surface area (Å²) in [5.41, 5.74) is 1.31. The first-order chi connectivity index (χ1) is 16.5. The number of rotatable bonds is 6. The van der Waals surface area contributed by atoms with Crippen molar-refractivity contribution in [3.8, 4) is 11.5 Å². The van der Waals surface area contributed by atoms with Crippen molar-refractivity contribution < 1.29 is 17.9 Å². The normalized spacial score (nSPS) is 15.9. The second-order valence-corrected chi connectivity index (χ2v) is 11.6. The van der Waals surface area contributed by atoms with Crippen LogP contribution in [0.4, 0.5) is 0 Å². The molecule has 10 heteroatoms. The Morgan fingerprint density at radius 2 is 1.57 bits per heavy atom. The van der Waals surface area contributed by atoms with Gasteiger partial charge in [-0.2, -0.15) is 4.31 Å². The fourth-order valence-corrected chi connectivity index (χ4v) is 5.63. The summed E-state index contributed by atoms with van der Waals surface area (Å²) in [5.74, 6) is 1.48. The number of H-pyrrole nitrogens is 1. The molecule has 35 heavy (non-hydrogen) atoms. The van der Waals surface area contributed by atoms with Crippen molar-refractivity contribution in [2.75, 3.05) is 40.4 Å². The van der Waals surface area contributed by atoms with Crippen molar-refractivity contribution in [2.45, 2.75) is 37.6 Å². The molecule has 1 aliphatic rings. The van der Waals surface area contributed by atoms with E-state index < -0.39 is 10.0 Å². The van der Waals surface area contributed by atoms with Crippen LogP contribution in [0.5, 0.6) is 11.5 Å². The highest BCUT2D eigenvalue weighted by Crippen LogP contribution is 2.30. The highest BCUT2D eigenvalue weighted by atomic mass is 32.2. The minimum Gasteiger partial charge on any atom is -0.493 e. The molecule has 1 N–H and O–H groups in total. The smallest absolute Gasteiger partial charge is 0.258 e. The van der Waals surface area contributed by atoms with Crippen LogP contribution in [0.1, 0.15) is 32.2 Å². The molecule has 4 rings (SSSR count). The number of hydrogen-bond acceptors (Lipinski definition) is 7. The molecule has 0 unspecified atom stereocenters.